The first-order valence-corrected chi connectivity index (χ1v) is 25.6. The minimum absolute atomic E-state index is 0.147. The quantitative estimate of drug-likeness (QED) is 0.0234. The normalized spacial score (nSPS) is 14.2. The Labute approximate surface area is 366 Å². The third-order valence-electron chi connectivity index (χ3n) is 10.2. The summed E-state index contributed by atoms with van der Waals surface area (Å²) in [6.45, 7) is 2.30. The van der Waals surface area contributed by atoms with E-state index in [1.54, 1.807) is 0 Å². The third-order valence-corrected chi connectivity index (χ3v) is 11.2. The van der Waals surface area contributed by atoms with Crippen LogP contribution in [0.2, 0.25) is 0 Å². The number of aliphatic hydroxyl groups excluding tert-OH is 2. The van der Waals surface area contributed by atoms with Crippen LogP contribution in [0.4, 0.5) is 0 Å². The van der Waals surface area contributed by atoms with Crippen molar-refractivity contribution in [3.8, 4) is 0 Å². The highest BCUT2D eigenvalue weighted by atomic mass is 31.2. The smallest absolute Gasteiger partial charge is 0.462 e. The Bertz CT molecular complexity index is 1140. The van der Waals surface area contributed by atoms with Crippen LogP contribution < -0.4 is 0 Å². The molecule has 1 unspecified atom stereocenters. The molecule has 0 rings (SSSR count). The zero-order valence-electron chi connectivity index (χ0n) is 38.2. The number of phosphoric ester groups is 1. The van der Waals surface area contributed by atoms with Gasteiger partial charge < -0.3 is 24.6 Å². The van der Waals surface area contributed by atoms with E-state index in [1.807, 2.05) is 0 Å². The molecule has 0 saturated heterocycles. The number of phosphoric acid groups is 1. The average Bonchev–Trinajstić information content (AvgIpc) is 3.24. The third kappa shape index (κ3) is 44.0. The molecule has 0 aromatic rings. The molecule has 3 atom stereocenters. The second-order valence-electron chi connectivity index (χ2n) is 16.1. The number of aliphatic hydroxyl groups is 2. The van der Waals surface area contributed by atoms with Gasteiger partial charge in [-0.1, -0.05) is 197 Å². The number of unbranched alkanes of at least 4 members (excludes halogenated alkanes) is 23. The highest BCUT2D eigenvalue weighted by Gasteiger charge is 2.27. The van der Waals surface area contributed by atoms with Crippen molar-refractivity contribution in [3.05, 3.63) is 48.6 Å². The number of allylic oxidation sites excluding steroid dienone is 8. The predicted molar refractivity (Wildman–Crippen MR) is 247 cm³/mol. The molecule has 0 amide bonds. The van der Waals surface area contributed by atoms with Gasteiger partial charge >= 0.3 is 19.8 Å². The number of carbonyl (C=O) groups excluding carboxylic acids is 2. The molecule has 0 aromatic carbocycles. The van der Waals surface area contributed by atoms with Gasteiger partial charge in [-0.25, -0.2) is 4.57 Å². The van der Waals surface area contributed by atoms with Gasteiger partial charge in [-0.3, -0.25) is 18.6 Å². The lowest BCUT2D eigenvalue weighted by molar-refractivity contribution is -0.161. The van der Waals surface area contributed by atoms with Crippen molar-refractivity contribution in [3.63, 3.8) is 0 Å². The fourth-order valence-corrected chi connectivity index (χ4v) is 7.30. The number of hydrogen-bond acceptors (Lipinski definition) is 9. The average molecular weight is 869 g/mol. The van der Waals surface area contributed by atoms with Crippen LogP contribution in [0, 0.1) is 0 Å². The second kappa shape index (κ2) is 45.0. The number of rotatable bonds is 45. The molecule has 0 radical (unpaired) electrons. The number of hydrogen-bond donors (Lipinski definition) is 3. The highest BCUT2D eigenvalue weighted by molar-refractivity contribution is 7.47. The first kappa shape index (κ1) is 57.9. The zero-order valence-corrected chi connectivity index (χ0v) is 39.1. The van der Waals surface area contributed by atoms with E-state index in [2.05, 4.69) is 62.5 Å². The van der Waals surface area contributed by atoms with Crippen LogP contribution in [0.5, 0.6) is 0 Å². The molecule has 3 N–H and O–H groups in total. The summed E-state index contributed by atoms with van der Waals surface area (Å²) < 4.78 is 32.8. The molecule has 60 heavy (non-hydrogen) atoms. The van der Waals surface area contributed by atoms with Gasteiger partial charge in [-0.05, 0) is 51.4 Å². The Morgan fingerprint density at radius 3 is 1.37 bits per heavy atom. The van der Waals surface area contributed by atoms with E-state index in [4.69, 9.17) is 23.6 Å². The molecule has 0 saturated carbocycles. The summed E-state index contributed by atoms with van der Waals surface area (Å²) in [6, 6.07) is 0. The van der Waals surface area contributed by atoms with Crippen molar-refractivity contribution < 1.29 is 47.8 Å². The second-order valence-corrected chi connectivity index (χ2v) is 17.6. The molecule has 0 aliphatic carbocycles. The number of esters is 2. The maximum Gasteiger partial charge on any atom is 0.472 e. The predicted octanol–water partition coefficient (Wildman–Crippen LogP) is 13.3. The van der Waals surface area contributed by atoms with Crippen molar-refractivity contribution in [1.82, 2.24) is 0 Å². The summed E-state index contributed by atoms with van der Waals surface area (Å²) in [5.74, 6) is -0.955. The molecule has 0 heterocycles. The topological polar surface area (TPSA) is 149 Å². The van der Waals surface area contributed by atoms with Gasteiger partial charge in [-0.2, -0.15) is 0 Å². The van der Waals surface area contributed by atoms with E-state index >= 15 is 0 Å². The van der Waals surface area contributed by atoms with Gasteiger partial charge in [0.2, 0.25) is 0 Å². The molecule has 0 bridgehead atoms. The molecule has 11 heteroatoms. The highest BCUT2D eigenvalue weighted by Crippen LogP contribution is 2.43. The summed E-state index contributed by atoms with van der Waals surface area (Å²) in [6.07, 6.45) is 49.4. The first-order chi connectivity index (χ1) is 29.2. The summed E-state index contributed by atoms with van der Waals surface area (Å²) in [4.78, 5) is 35.1. The van der Waals surface area contributed by atoms with E-state index in [1.165, 1.54) is 109 Å². The molecule has 10 nitrogen and oxygen atoms in total. The van der Waals surface area contributed by atoms with Gasteiger partial charge in [0.15, 0.2) is 6.10 Å². The Hall–Kier alpha value is -2.07. The molecule has 350 valence electrons. The lowest BCUT2D eigenvalue weighted by Crippen LogP contribution is -2.29. The van der Waals surface area contributed by atoms with Gasteiger partial charge in [0.25, 0.3) is 0 Å². The van der Waals surface area contributed by atoms with Crippen LogP contribution >= 0.6 is 7.82 Å². The fraction of sp³-hybridized carbons (Fsp3) is 0.796. The largest absolute Gasteiger partial charge is 0.472 e. The first-order valence-electron chi connectivity index (χ1n) is 24.1. The Balaban J connectivity index is 4.25. The van der Waals surface area contributed by atoms with Crippen molar-refractivity contribution in [2.24, 2.45) is 0 Å². The van der Waals surface area contributed by atoms with Crippen LogP contribution in [0.1, 0.15) is 213 Å². The van der Waals surface area contributed by atoms with Crippen molar-refractivity contribution >= 4 is 19.8 Å². The monoisotopic (exact) mass is 869 g/mol. The summed E-state index contributed by atoms with van der Waals surface area (Å²) >= 11 is 0. The Morgan fingerprint density at radius 1 is 0.500 bits per heavy atom. The van der Waals surface area contributed by atoms with E-state index in [9.17, 15) is 24.2 Å². The van der Waals surface area contributed by atoms with Gasteiger partial charge in [0, 0.05) is 12.8 Å². The lowest BCUT2D eigenvalue weighted by Gasteiger charge is -2.20. The maximum atomic E-state index is 12.6. The summed E-state index contributed by atoms with van der Waals surface area (Å²) in [7, 11) is -4.63. The minimum atomic E-state index is -4.63. The molecule has 0 aliphatic heterocycles. The van der Waals surface area contributed by atoms with E-state index in [0.717, 1.165) is 64.2 Å². The number of ether oxygens (including phenoxy) is 2. The fourth-order valence-electron chi connectivity index (χ4n) is 6.51. The van der Waals surface area contributed by atoms with Crippen LogP contribution in [-0.2, 0) is 32.7 Å². The molecule has 0 spiro atoms. The van der Waals surface area contributed by atoms with Gasteiger partial charge in [-0.15, -0.1) is 0 Å². The van der Waals surface area contributed by atoms with Crippen LogP contribution in [-0.4, -0.2) is 65.7 Å². The van der Waals surface area contributed by atoms with Gasteiger partial charge in [0.1, 0.15) is 12.7 Å². The lowest BCUT2D eigenvalue weighted by atomic mass is 10.0. The van der Waals surface area contributed by atoms with E-state index in [-0.39, 0.29) is 19.4 Å². The van der Waals surface area contributed by atoms with Crippen LogP contribution in [0.3, 0.4) is 0 Å². The Morgan fingerprint density at radius 2 is 0.900 bits per heavy atom. The van der Waals surface area contributed by atoms with Crippen LogP contribution in [0.25, 0.3) is 0 Å². The summed E-state index contributed by atoms with van der Waals surface area (Å²) in [5.41, 5.74) is 0. The standard InChI is InChI=1S/C49H89O10P/c1-3-5-7-9-11-13-15-17-19-21-22-23-25-26-28-30-32-34-36-38-40-48(52)56-44-47(45-58-60(54,55)57-43-46(51)42-50)59-49(53)41-39-37-35-33-31-29-27-24-20-18-16-14-12-10-8-6-4-2/h8,10,14,16,20,24,29,31,46-47,50-51H,3-7,9,11-13,15,17-19,21-23,25-28,30,32-45H2,1-2H3,(H,54,55)/b10-8+,16-14+,24-20+,31-29+/t46-,47+/m0/s1. The SMILES string of the molecule is CCC/C=C/C/C=C/C/C=C/C/C=C/CCCCCC(=O)O[C@H](COC(=O)CCCCCCCCCCCCCCCCCCCCCC)COP(=O)(O)OC[C@@H](O)CO. The zero-order chi connectivity index (χ0) is 44.0. The molecular formula is C49H89O10P. The molecule has 0 fully saturated rings. The summed E-state index contributed by atoms with van der Waals surface area (Å²) in [5, 5.41) is 18.4. The minimum Gasteiger partial charge on any atom is -0.462 e. The maximum absolute atomic E-state index is 12.6. The van der Waals surface area contributed by atoms with Crippen LogP contribution in [0.15, 0.2) is 48.6 Å². The van der Waals surface area contributed by atoms with Crippen molar-refractivity contribution in [2.45, 2.75) is 225 Å². The molecular weight excluding hydrogens is 780 g/mol. The van der Waals surface area contributed by atoms with E-state index < -0.39 is 51.8 Å². The number of carbonyl (C=O) groups is 2. The molecule has 0 aliphatic rings. The van der Waals surface area contributed by atoms with E-state index in [0.29, 0.717) is 12.8 Å². The van der Waals surface area contributed by atoms with Crippen molar-refractivity contribution in [1.29, 1.82) is 0 Å². The molecule has 0 aromatic heterocycles. The van der Waals surface area contributed by atoms with Crippen molar-refractivity contribution in [2.75, 3.05) is 26.4 Å². The van der Waals surface area contributed by atoms with Gasteiger partial charge in [0.05, 0.1) is 19.8 Å². The Kier molecular flexibility index (Phi) is 43.4.